The van der Waals surface area contributed by atoms with Gasteiger partial charge >= 0.3 is 5.97 Å². The highest BCUT2D eigenvalue weighted by Crippen LogP contribution is 2.32. The van der Waals surface area contributed by atoms with Gasteiger partial charge in [0.25, 0.3) is 11.5 Å². The lowest BCUT2D eigenvalue weighted by Crippen LogP contribution is -2.24. The number of nitrogens with zero attached hydrogens (tertiary/aromatic N) is 2. The lowest BCUT2D eigenvalue weighted by Gasteiger charge is -2.11. The molecule has 1 aliphatic rings. The van der Waals surface area contributed by atoms with Crippen LogP contribution in [-0.2, 0) is 20.9 Å². The quantitative estimate of drug-likeness (QED) is 0.590. The fourth-order valence-electron chi connectivity index (χ4n) is 3.36. The molecular weight excluding hydrogens is 414 g/mol. The summed E-state index contributed by atoms with van der Waals surface area (Å²) in [6.45, 7) is 2.68. The third-order valence-corrected chi connectivity index (χ3v) is 5.01. The summed E-state index contributed by atoms with van der Waals surface area (Å²) in [6.07, 6.45) is 2.14. The Kier molecular flexibility index (Phi) is 6.34. The maximum Gasteiger partial charge on any atom is 0.308 e. The Labute approximate surface area is 183 Å². The van der Waals surface area contributed by atoms with Crippen LogP contribution in [0.25, 0.3) is 10.9 Å². The van der Waals surface area contributed by atoms with Gasteiger partial charge in [0, 0.05) is 24.7 Å². The molecule has 1 aliphatic heterocycles. The van der Waals surface area contributed by atoms with E-state index in [1.165, 1.54) is 10.9 Å². The van der Waals surface area contributed by atoms with Crippen molar-refractivity contribution in [2.75, 3.05) is 25.1 Å². The van der Waals surface area contributed by atoms with Crippen LogP contribution in [0.5, 0.6) is 11.5 Å². The molecule has 2 aromatic carbocycles. The van der Waals surface area contributed by atoms with Crippen molar-refractivity contribution in [2.24, 2.45) is 0 Å². The first-order chi connectivity index (χ1) is 15.5. The number of carbonyl (C=O) groups is 2. The van der Waals surface area contributed by atoms with E-state index in [0.29, 0.717) is 41.3 Å². The molecule has 0 fully saturated rings. The van der Waals surface area contributed by atoms with E-state index in [-0.39, 0.29) is 18.5 Å². The molecule has 4 rings (SSSR count). The number of hydrogen-bond donors (Lipinski definition) is 1. The molecule has 3 aromatic rings. The van der Waals surface area contributed by atoms with Crippen molar-refractivity contribution in [2.45, 2.75) is 26.3 Å². The van der Waals surface area contributed by atoms with Gasteiger partial charge in [-0.05, 0) is 30.7 Å². The number of esters is 1. The van der Waals surface area contributed by atoms with Gasteiger partial charge in [-0.25, -0.2) is 4.98 Å². The second kappa shape index (κ2) is 9.51. The van der Waals surface area contributed by atoms with Crippen LogP contribution in [0.15, 0.2) is 47.5 Å². The molecule has 1 aromatic heterocycles. The molecule has 32 heavy (non-hydrogen) atoms. The first kappa shape index (κ1) is 21.4. The topological polar surface area (TPSA) is 109 Å². The zero-order chi connectivity index (χ0) is 22.5. The zero-order valence-electron chi connectivity index (χ0n) is 17.6. The summed E-state index contributed by atoms with van der Waals surface area (Å²) in [5.74, 6) is 0.116. The molecule has 2 heterocycles. The van der Waals surface area contributed by atoms with Crippen molar-refractivity contribution >= 4 is 28.5 Å². The largest absolute Gasteiger partial charge is 0.490 e. The van der Waals surface area contributed by atoms with Gasteiger partial charge in [0.15, 0.2) is 18.1 Å². The average Bonchev–Trinajstić information content (AvgIpc) is 3.03. The molecule has 0 spiro atoms. The van der Waals surface area contributed by atoms with Crippen LogP contribution in [0.2, 0.25) is 0 Å². The molecule has 0 saturated carbocycles. The Bertz CT molecular complexity index is 1220. The number of benzene rings is 2. The SMILES string of the molecule is Cc1cccc2c(=O)n(CCC(=O)OCC(=O)Nc3ccc4c(c3)OCCCO4)cnc12. The Balaban J connectivity index is 1.28. The molecule has 1 amide bonds. The van der Waals surface area contributed by atoms with Gasteiger partial charge in [-0.15, -0.1) is 0 Å². The van der Waals surface area contributed by atoms with Crippen LogP contribution < -0.4 is 20.3 Å². The van der Waals surface area contributed by atoms with Gasteiger partial charge < -0.3 is 19.5 Å². The average molecular weight is 437 g/mol. The minimum Gasteiger partial charge on any atom is -0.490 e. The van der Waals surface area contributed by atoms with Crippen molar-refractivity contribution in [1.29, 1.82) is 0 Å². The molecule has 1 N–H and O–H groups in total. The molecule has 0 aliphatic carbocycles. The number of fused-ring (bicyclic) bond motifs is 2. The lowest BCUT2D eigenvalue weighted by molar-refractivity contribution is -0.147. The number of aromatic nitrogens is 2. The molecular formula is C23H23N3O6. The summed E-state index contributed by atoms with van der Waals surface area (Å²) in [5.41, 5.74) is 1.84. The maximum atomic E-state index is 12.6. The fourth-order valence-corrected chi connectivity index (χ4v) is 3.36. The molecule has 9 heteroatoms. The van der Waals surface area contributed by atoms with E-state index < -0.39 is 18.5 Å². The number of aryl methyl sites for hydroxylation is 2. The number of nitrogens with one attached hydrogen (secondary N) is 1. The number of rotatable bonds is 6. The normalized spacial score (nSPS) is 12.8. The van der Waals surface area contributed by atoms with E-state index >= 15 is 0 Å². The summed E-state index contributed by atoms with van der Waals surface area (Å²) in [4.78, 5) is 41.1. The Hall–Kier alpha value is -3.88. The number of hydrogen-bond acceptors (Lipinski definition) is 7. The van der Waals surface area contributed by atoms with E-state index in [2.05, 4.69) is 10.3 Å². The van der Waals surface area contributed by atoms with Gasteiger partial charge in [0.2, 0.25) is 0 Å². The lowest BCUT2D eigenvalue weighted by atomic mass is 10.1. The van der Waals surface area contributed by atoms with Gasteiger partial charge in [0.05, 0.1) is 36.9 Å². The minimum absolute atomic E-state index is 0.0593. The van der Waals surface area contributed by atoms with Crippen molar-refractivity contribution in [3.63, 3.8) is 0 Å². The molecule has 166 valence electrons. The number of anilines is 1. The maximum absolute atomic E-state index is 12.6. The van der Waals surface area contributed by atoms with Crippen LogP contribution in [0.3, 0.4) is 0 Å². The Morgan fingerprint density at radius 3 is 2.81 bits per heavy atom. The molecule has 0 atom stereocenters. The first-order valence-electron chi connectivity index (χ1n) is 10.3. The molecule has 0 bridgehead atoms. The van der Waals surface area contributed by atoms with Crippen LogP contribution >= 0.6 is 0 Å². The summed E-state index contributed by atoms with van der Waals surface area (Å²) < 4.78 is 17.5. The Morgan fingerprint density at radius 1 is 1.16 bits per heavy atom. The van der Waals surface area contributed by atoms with E-state index in [4.69, 9.17) is 14.2 Å². The summed E-state index contributed by atoms with van der Waals surface area (Å²) >= 11 is 0. The predicted molar refractivity (Wildman–Crippen MR) is 117 cm³/mol. The van der Waals surface area contributed by atoms with Crippen molar-refractivity contribution in [1.82, 2.24) is 9.55 Å². The van der Waals surface area contributed by atoms with E-state index in [0.717, 1.165) is 12.0 Å². The van der Waals surface area contributed by atoms with Crippen LogP contribution in [0, 0.1) is 6.92 Å². The van der Waals surface area contributed by atoms with Crippen LogP contribution in [-0.4, -0.2) is 41.2 Å². The standard InChI is InChI=1S/C23H23N3O6/c1-15-4-2-5-17-22(15)24-14-26(23(17)29)9-8-21(28)32-13-20(27)25-16-6-7-18-19(12-16)31-11-3-10-30-18/h2,4-7,12,14H,3,8-11,13H2,1H3,(H,25,27). The van der Waals surface area contributed by atoms with E-state index in [1.54, 1.807) is 30.3 Å². The molecule has 0 radical (unpaired) electrons. The zero-order valence-corrected chi connectivity index (χ0v) is 17.6. The van der Waals surface area contributed by atoms with Gasteiger partial charge in [0.1, 0.15) is 0 Å². The monoisotopic (exact) mass is 437 g/mol. The van der Waals surface area contributed by atoms with Crippen LogP contribution in [0.4, 0.5) is 5.69 Å². The Morgan fingerprint density at radius 2 is 1.97 bits per heavy atom. The fraction of sp³-hybridized carbons (Fsp3) is 0.304. The van der Waals surface area contributed by atoms with Gasteiger partial charge in [-0.2, -0.15) is 0 Å². The predicted octanol–water partition coefficient (Wildman–Crippen LogP) is 2.44. The van der Waals surface area contributed by atoms with Crippen molar-refractivity contribution < 1.29 is 23.8 Å². The molecule has 9 nitrogen and oxygen atoms in total. The number of amides is 1. The third-order valence-electron chi connectivity index (χ3n) is 5.01. The highest BCUT2D eigenvalue weighted by atomic mass is 16.5. The third kappa shape index (κ3) is 4.88. The summed E-state index contributed by atoms with van der Waals surface area (Å²) in [5, 5.41) is 3.15. The van der Waals surface area contributed by atoms with E-state index in [9.17, 15) is 14.4 Å². The second-order valence-electron chi connectivity index (χ2n) is 7.39. The van der Waals surface area contributed by atoms with Gasteiger partial charge in [-0.3, -0.25) is 19.0 Å². The summed E-state index contributed by atoms with van der Waals surface area (Å²) in [7, 11) is 0. The van der Waals surface area contributed by atoms with Gasteiger partial charge in [-0.1, -0.05) is 12.1 Å². The van der Waals surface area contributed by atoms with Crippen molar-refractivity contribution in [3.05, 3.63) is 58.6 Å². The van der Waals surface area contributed by atoms with Crippen LogP contribution in [0.1, 0.15) is 18.4 Å². The molecule has 0 unspecified atom stereocenters. The smallest absolute Gasteiger partial charge is 0.308 e. The summed E-state index contributed by atoms with van der Waals surface area (Å²) in [6, 6.07) is 10.5. The number of ether oxygens (including phenoxy) is 3. The number of para-hydroxylation sites is 1. The van der Waals surface area contributed by atoms with E-state index in [1.807, 2.05) is 13.0 Å². The highest BCUT2D eigenvalue weighted by Gasteiger charge is 2.14. The minimum atomic E-state index is -0.588. The highest BCUT2D eigenvalue weighted by molar-refractivity contribution is 5.93. The van der Waals surface area contributed by atoms with Crippen molar-refractivity contribution in [3.8, 4) is 11.5 Å². The molecule has 0 saturated heterocycles. The second-order valence-corrected chi connectivity index (χ2v) is 7.39. The number of carbonyl (C=O) groups excluding carboxylic acids is 2. The first-order valence-corrected chi connectivity index (χ1v) is 10.3.